The van der Waals surface area contributed by atoms with Crippen LogP contribution in [0, 0.1) is 0 Å². The van der Waals surface area contributed by atoms with Gasteiger partial charge in [0.1, 0.15) is 0 Å². The molecule has 1 aliphatic heterocycles. The topological polar surface area (TPSA) is 76.0 Å². The van der Waals surface area contributed by atoms with Gasteiger partial charge in [0, 0.05) is 6.08 Å². The molecular formula is C7H7NO4. The second-order valence-electron chi connectivity index (χ2n) is 2.15. The maximum Gasteiger partial charge on any atom is 0.336 e. The van der Waals surface area contributed by atoms with Crippen molar-refractivity contribution < 1.29 is 19.4 Å². The Morgan fingerprint density at radius 1 is 1.67 bits per heavy atom. The fraction of sp³-hybridized carbons (Fsp3) is 0.286. The summed E-state index contributed by atoms with van der Waals surface area (Å²) in [4.78, 5) is 24.8. The van der Waals surface area contributed by atoms with Crippen molar-refractivity contribution in [3.63, 3.8) is 0 Å². The van der Waals surface area contributed by atoms with Crippen LogP contribution in [-0.2, 0) is 14.3 Å². The van der Waals surface area contributed by atoms with Gasteiger partial charge in [-0.3, -0.25) is 4.79 Å². The SMILES string of the molecule is COC1=NC(C(=O)O)C(=O)C=C1. The number of carbonyl (C=O) groups excluding carboxylic acids is 1. The van der Waals surface area contributed by atoms with E-state index in [9.17, 15) is 9.59 Å². The van der Waals surface area contributed by atoms with Gasteiger partial charge in [0.2, 0.25) is 11.9 Å². The van der Waals surface area contributed by atoms with Gasteiger partial charge in [-0.1, -0.05) is 0 Å². The number of carbonyl (C=O) groups is 2. The van der Waals surface area contributed by atoms with Gasteiger partial charge in [-0.25, -0.2) is 9.79 Å². The molecule has 1 aliphatic rings. The van der Waals surface area contributed by atoms with Gasteiger partial charge in [-0.2, -0.15) is 0 Å². The first-order chi connectivity index (χ1) is 5.65. The lowest BCUT2D eigenvalue weighted by molar-refractivity contribution is -0.141. The first-order valence-corrected chi connectivity index (χ1v) is 3.21. The van der Waals surface area contributed by atoms with E-state index in [2.05, 4.69) is 9.73 Å². The van der Waals surface area contributed by atoms with E-state index in [1.807, 2.05) is 0 Å². The first-order valence-electron chi connectivity index (χ1n) is 3.21. The van der Waals surface area contributed by atoms with Crippen LogP contribution in [0.25, 0.3) is 0 Å². The summed E-state index contributed by atoms with van der Waals surface area (Å²) in [6.45, 7) is 0. The summed E-state index contributed by atoms with van der Waals surface area (Å²) in [5.74, 6) is -1.65. The van der Waals surface area contributed by atoms with Crippen molar-refractivity contribution in [1.29, 1.82) is 0 Å². The monoisotopic (exact) mass is 169 g/mol. The quantitative estimate of drug-likeness (QED) is 0.543. The van der Waals surface area contributed by atoms with Crippen LogP contribution >= 0.6 is 0 Å². The molecule has 0 aromatic heterocycles. The second-order valence-corrected chi connectivity index (χ2v) is 2.15. The van der Waals surface area contributed by atoms with Crippen LogP contribution in [0.15, 0.2) is 17.1 Å². The Kier molecular flexibility index (Phi) is 2.23. The van der Waals surface area contributed by atoms with Crippen LogP contribution in [0.5, 0.6) is 0 Å². The number of carboxylic acid groups (broad SMARTS) is 1. The van der Waals surface area contributed by atoms with Gasteiger partial charge in [-0.15, -0.1) is 0 Å². The standard InChI is InChI=1S/C7H7NO4/c1-12-5-3-2-4(9)6(8-5)7(10)11/h2-3,6H,1H3,(H,10,11). The Bertz CT molecular complexity index is 279. The number of ketones is 1. The average molecular weight is 169 g/mol. The fourth-order valence-electron chi connectivity index (χ4n) is 0.776. The highest BCUT2D eigenvalue weighted by Crippen LogP contribution is 2.03. The number of nitrogens with zero attached hydrogens (tertiary/aromatic N) is 1. The zero-order valence-corrected chi connectivity index (χ0v) is 6.35. The number of hydrogen-bond donors (Lipinski definition) is 1. The predicted octanol–water partition coefficient (Wildman–Crippen LogP) is -0.377. The van der Waals surface area contributed by atoms with Crippen molar-refractivity contribution in [1.82, 2.24) is 0 Å². The third-order valence-corrected chi connectivity index (χ3v) is 1.36. The van der Waals surface area contributed by atoms with Crippen LogP contribution < -0.4 is 0 Å². The first kappa shape index (κ1) is 8.45. The minimum Gasteiger partial charge on any atom is -0.481 e. The van der Waals surface area contributed by atoms with E-state index in [0.717, 1.165) is 6.08 Å². The summed E-state index contributed by atoms with van der Waals surface area (Å²) in [5, 5.41) is 8.50. The lowest BCUT2D eigenvalue weighted by Gasteiger charge is -2.09. The van der Waals surface area contributed by atoms with Crippen molar-refractivity contribution in [3.05, 3.63) is 12.2 Å². The molecule has 0 aromatic carbocycles. The van der Waals surface area contributed by atoms with Crippen molar-refractivity contribution >= 4 is 17.7 Å². The molecule has 1 unspecified atom stereocenters. The van der Waals surface area contributed by atoms with Crippen LogP contribution in [0.2, 0.25) is 0 Å². The van der Waals surface area contributed by atoms with E-state index >= 15 is 0 Å². The number of ether oxygens (including phenoxy) is 1. The number of carboxylic acids is 1. The van der Waals surface area contributed by atoms with Crippen molar-refractivity contribution in [2.75, 3.05) is 7.11 Å². The molecule has 1 heterocycles. The molecule has 0 aromatic rings. The number of aliphatic carboxylic acids is 1. The van der Waals surface area contributed by atoms with Crippen LogP contribution in [0.3, 0.4) is 0 Å². The van der Waals surface area contributed by atoms with Gasteiger partial charge in [-0.05, 0) is 6.08 Å². The Balaban J connectivity index is 2.88. The number of hydrogen-bond acceptors (Lipinski definition) is 4. The van der Waals surface area contributed by atoms with Gasteiger partial charge in [0.15, 0.2) is 5.78 Å². The van der Waals surface area contributed by atoms with E-state index in [4.69, 9.17) is 5.11 Å². The van der Waals surface area contributed by atoms with E-state index < -0.39 is 17.8 Å². The maximum absolute atomic E-state index is 10.9. The molecule has 0 radical (unpaired) electrons. The summed E-state index contributed by atoms with van der Waals surface area (Å²) in [6.07, 6.45) is 2.48. The van der Waals surface area contributed by atoms with E-state index in [-0.39, 0.29) is 5.90 Å². The minimum atomic E-state index is -1.34. The third-order valence-electron chi connectivity index (χ3n) is 1.36. The van der Waals surface area contributed by atoms with Gasteiger partial charge < -0.3 is 9.84 Å². The predicted molar refractivity (Wildman–Crippen MR) is 40.0 cm³/mol. The zero-order chi connectivity index (χ0) is 9.14. The zero-order valence-electron chi connectivity index (χ0n) is 6.35. The van der Waals surface area contributed by atoms with E-state index in [0.29, 0.717) is 0 Å². The van der Waals surface area contributed by atoms with Crippen LogP contribution in [0.1, 0.15) is 0 Å². The van der Waals surface area contributed by atoms with E-state index in [1.165, 1.54) is 13.2 Å². The molecule has 1 rings (SSSR count). The Morgan fingerprint density at radius 2 is 2.33 bits per heavy atom. The number of dihydropyridines is 1. The van der Waals surface area contributed by atoms with E-state index in [1.54, 1.807) is 0 Å². The number of aliphatic imine (C=N–C) groups is 1. The second kappa shape index (κ2) is 3.17. The summed E-state index contributed by atoms with van der Waals surface area (Å²) in [7, 11) is 1.36. The minimum absolute atomic E-state index is 0.155. The molecule has 0 saturated carbocycles. The molecule has 1 N–H and O–H groups in total. The Labute approximate surface area is 68.4 Å². The normalized spacial score (nSPS) is 21.9. The molecule has 1 atom stereocenters. The molecule has 0 amide bonds. The molecule has 0 saturated heterocycles. The molecular weight excluding hydrogens is 162 g/mol. The van der Waals surface area contributed by atoms with Crippen molar-refractivity contribution in [3.8, 4) is 0 Å². The molecule has 12 heavy (non-hydrogen) atoms. The largest absolute Gasteiger partial charge is 0.481 e. The smallest absolute Gasteiger partial charge is 0.336 e. The molecule has 64 valence electrons. The van der Waals surface area contributed by atoms with Crippen molar-refractivity contribution in [2.45, 2.75) is 6.04 Å². The summed E-state index contributed by atoms with van der Waals surface area (Å²) in [6, 6.07) is -1.34. The van der Waals surface area contributed by atoms with Crippen LogP contribution in [-0.4, -0.2) is 35.9 Å². The third kappa shape index (κ3) is 1.50. The highest BCUT2D eigenvalue weighted by atomic mass is 16.5. The fourth-order valence-corrected chi connectivity index (χ4v) is 0.776. The number of methoxy groups -OCH3 is 1. The molecule has 0 fully saturated rings. The lowest BCUT2D eigenvalue weighted by atomic mass is 10.1. The summed E-state index contributed by atoms with van der Waals surface area (Å²) >= 11 is 0. The average Bonchev–Trinajstić information content (AvgIpc) is 2.05. The molecule has 5 heteroatoms. The Morgan fingerprint density at radius 3 is 2.83 bits per heavy atom. The van der Waals surface area contributed by atoms with Crippen molar-refractivity contribution in [2.24, 2.45) is 4.99 Å². The molecule has 0 spiro atoms. The summed E-state index contributed by atoms with van der Waals surface area (Å²) < 4.78 is 4.67. The lowest BCUT2D eigenvalue weighted by Crippen LogP contribution is -2.30. The summed E-state index contributed by atoms with van der Waals surface area (Å²) in [5.41, 5.74) is 0. The van der Waals surface area contributed by atoms with Crippen LogP contribution in [0.4, 0.5) is 0 Å². The highest BCUT2D eigenvalue weighted by molar-refractivity contribution is 6.14. The Hall–Kier alpha value is -1.65. The maximum atomic E-state index is 10.9. The highest BCUT2D eigenvalue weighted by Gasteiger charge is 2.26. The number of rotatable bonds is 1. The van der Waals surface area contributed by atoms with Gasteiger partial charge in [0.05, 0.1) is 7.11 Å². The molecule has 0 aliphatic carbocycles. The molecule has 5 nitrogen and oxygen atoms in total. The van der Waals surface area contributed by atoms with Gasteiger partial charge in [0.25, 0.3) is 0 Å². The molecule has 0 bridgehead atoms. The van der Waals surface area contributed by atoms with Gasteiger partial charge >= 0.3 is 5.97 Å².